The average Bonchev–Trinajstić information content (AvgIpc) is 2.92. The van der Waals surface area contributed by atoms with Gasteiger partial charge in [-0.2, -0.15) is 11.3 Å². The van der Waals surface area contributed by atoms with Crippen molar-refractivity contribution in [2.75, 3.05) is 13.2 Å². The molecule has 1 aromatic heterocycles. The summed E-state index contributed by atoms with van der Waals surface area (Å²) in [5.41, 5.74) is 1.20. The normalized spacial score (nSPS) is 31.7. The van der Waals surface area contributed by atoms with Crippen molar-refractivity contribution >= 4 is 17.2 Å². The molecular weight excluding hydrogens is 248 g/mol. The van der Waals surface area contributed by atoms with Gasteiger partial charge in [0.15, 0.2) is 0 Å². The van der Waals surface area contributed by atoms with Crippen molar-refractivity contribution in [3.05, 3.63) is 22.4 Å². The van der Waals surface area contributed by atoms with Crippen molar-refractivity contribution in [1.29, 1.82) is 0 Å². The fourth-order valence-electron chi connectivity index (χ4n) is 2.78. The Morgan fingerprint density at radius 3 is 3.06 bits per heavy atom. The van der Waals surface area contributed by atoms with Crippen LogP contribution in [0, 0.1) is 0 Å². The quantitative estimate of drug-likeness (QED) is 0.902. The minimum absolute atomic E-state index is 0.0660. The fourth-order valence-corrected chi connectivity index (χ4v) is 3.46. The third kappa shape index (κ3) is 2.06. The monoisotopic (exact) mass is 266 g/mol. The Labute approximate surface area is 111 Å². The number of rotatable bonds is 4. The molecule has 1 unspecified atom stereocenters. The second kappa shape index (κ2) is 4.99. The van der Waals surface area contributed by atoms with Gasteiger partial charge in [-0.05, 0) is 42.2 Å². The molecule has 1 saturated carbocycles. The maximum absolute atomic E-state index is 12.0. The first-order chi connectivity index (χ1) is 8.79. The van der Waals surface area contributed by atoms with Crippen molar-refractivity contribution in [1.82, 2.24) is 10.2 Å². The summed E-state index contributed by atoms with van der Waals surface area (Å²) in [5.74, 6) is 0.214. The summed E-state index contributed by atoms with van der Waals surface area (Å²) in [5, 5.41) is 7.47. The molecule has 1 amide bonds. The number of amides is 1. The van der Waals surface area contributed by atoms with Crippen LogP contribution in [0.4, 0.5) is 0 Å². The second-order valence-electron chi connectivity index (χ2n) is 4.84. The minimum atomic E-state index is 0.0660. The van der Waals surface area contributed by atoms with E-state index in [-0.39, 0.29) is 12.1 Å². The first-order valence-corrected chi connectivity index (χ1v) is 7.42. The maximum Gasteiger partial charge on any atom is 0.238 e. The number of thiophene rings is 1. The van der Waals surface area contributed by atoms with Crippen LogP contribution in [0.3, 0.4) is 0 Å². The highest BCUT2D eigenvalue weighted by molar-refractivity contribution is 7.07. The molecule has 1 N–H and O–H groups in total. The molecule has 0 spiro atoms. The van der Waals surface area contributed by atoms with Crippen LogP contribution in [0.1, 0.15) is 31.5 Å². The lowest BCUT2D eigenvalue weighted by molar-refractivity contribution is -0.136. The van der Waals surface area contributed by atoms with Crippen LogP contribution in [-0.2, 0) is 9.53 Å². The molecule has 0 radical (unpaired) electrons. The van der Waals surface area contributed by atoms with Crippen LogP contribution in [0.15, 0.2) is 16.8 Å². The minimum Gasteiger partial charge on any atom is -0.378 e. The Kier molecular flexibility index (Phi) is 3.37. The molecule has 1 saturated heterocycles. The summed E-state index contributed by atoms with van der Waals surface area (Å²) in [6.07, 6.45) is 2.36. The van der Waals surface area contributed by atoms with Crippen LogP contribution in [-0.4, -0.2) is 36.1 Å². The van der Waals surface area contributed by atoms with Crippen LogP contribution < -0.4 is 5.32 Å². The van der Waals surface area contributed by atoms with Gasteiger partial charge in [-0.1, -0.05) is 0 Å². The molecule has 5 heteroatoms. The number of carbonyl (C=O) groups excluding carboxylic acids is 1. The van der Waals surface area contributed by atoms with E-state index in [0.29, 0.717) is 18.7 Å². The lowest BCUT2D eigenvalue weighted by Gasteiger charge is -2.42. The Balaban J connectivity index is 1.68. The van der Waals surface area contributed by atoms with Crippen molar-refractivity contribution in [3.63, 3.8) is 0 Å². The predicted octanol–water partition coefficient (Wildman–Crippen LogP) is 1.75. The lowest BCUT2D eigenvalue weighted by atomic mass is 9.87. The molecule has 1 aliphatic carbocycles. The standard InChI is InChI=1S/C13H18N2O2S/c1-2-17-11-5-10(6-11)15-12(16)7-14-13(15)9-3-4-18-8-9/h3-4,8,10-11,13-14H,2,5-7H2,1H3. The zero-order valence-corrected chi connectivity index (χ0v) is 11.3. The van der Waals surface area contributed by atoms with Gasteiger partial charge < -0.3 is 9.64 Å². The number of hydrogen-bond donors (Lipinski definition) is 1. The molecule has 0 bridgehead atoms. The fraction of sp³-hybridized carbons (Fsp3) is 0.615. The SMILES string of the molecule is CCOC1CC(N2C(=O)CNC2c2ccsc2)C1. The first kappa shape index (κ1) is 12.1. The van der Waals surface area contributed by atoms with E-state index in [2.05, 4.69) is 22.1 Å². The Bertz CT molecular complexity index is 415. The number of ether oxygens (including phenoxy) is 1. The van der Waals surface area contributed by atoms with Crippen molar-refractivity contribution in [2.45, 2.75) is 38.1 Å². The zero-order chi connectivity index (χ0) is 12.5. The van der Waals surface area contributed by atoms with Gasteiger partial charge in [-0.3, -0.25) is 10.1 Å². The summed E-state index contributed by atoms with van der Waals surface area (Å²) in [4.78, 5) is 14.0. The molecule has 4 nitrogen and oxygen atoms in total. The first-order valence-electron chi connectivity index (χ1n) is 6.48. The van der Waals surface area contributed by atoms with Crippen LogP contribution in [0.25, 0.3) is 0 Å². The molecule has 18 heavy (non-hydrogen) atoms. The Morgan fingerprint density at radius 1 is 1.56 bits per heavy atom. The van der Waals surface area contributed by atoms with E-state index in [9.17, 15) is 4.79 Å². The van der Waals surface area contributed by atoms with Crippen molar-refractivity contribution in [2.24, 2.45) is 0 Å². The molecule has 2 heterocycles. The van der Waals surface area contributed by atoms with E-state index >= 15 is 0 Å². The van der Waals surface area contributed by atoms with Gasteiger partial charge in [0.1, 0.15) is 6.17 Å². The van der Waals surface area contributed by atoms with Crippen LogP contribution in [0.5, 0.6) is 0 Å². The van der Waals surface area contributed by atoms with E-state index < -0.39 is 0 Å². The molecule has 2 aliphatic rings. The molecule has 2 fully saturated rings. The summed E-state index contributed by atoms with van der Waals surface area (Å²) < 4.78 is 5.57. The summed E-state index contributed by atoms with van der Waals surface area (Å²) >= 11 is 1.67. The topological polar surface area (TPSA) is 41.6 Å². The van der Waals surface area contributed by atoms with Crippen molar-refractivity contribution in [3.8, 4) is 0 Å². The third-order valence-electron chi connectivity index (χ3n) is 3.74. The maximum atomic E-state index is 12.0. The van der Waals surface area contributed by atoms with E-state index in [1.165, 1.54) is 5.56 Å². The van der Waals surface area contributed by atoms with E-state index in [1.54, 1.807) is 11.3 Å². The number of carbonyl (C=O) groups is 1. The highest BCUT2D eigenvalue weighted by Gasteiger charge is 2.43. The molecular formula is C13H18N2O2S. The van der Waals surface area contributed by atoms with Crippen LogP contribution >= 0.6 is 11.3 Å². The predicted molar refractivity (Wildman–Crippen MR) is 70.3 cm³/mol. The molecule has 3 rings (SSSR count). The largest absolute Gasteiger partial charge is 0.378 e. The highest BCUT2D eigenvalue weighted by Crippen LogP contribution is 2.35. The third-order valence-corrected chi connectivity index (χ3v) is 4.44. The van der Waals surface area contributed by atoms with E-state index in [1.807, 2.05) is 11.8 Å². The van der Waals surface area contributed by atoms with Gasteiger partial charge in [-0.15, -0.1) is 0 Å². The van der Waals surface area contributed by atoms with Crippen molar-refractivity contribution < 1.29 is 9.53 Å². The van der Waals surface area contributed by atoms with Gasteiger partial charge in [0.25, 0.3) is 0 Å². The molecule has 1 aromatic rings. The number of nitrogens with zero attached hydrogens (tertiary/aromatic N) is 1. The van der Waals surface area contributed by atoms with Gasteiger partial charge in [0.05, 0.1) is 12.6 Å². The molecule has 0 aromatic carbocycles. The second-order valence-corrected chi connectivity index (χ2v) is 5.62. The summed E-state index contributed by atoms with van der Waals surface area (Å²) in [6, 6.07) is 2.43. The summed E-state index contributed by atoms with van der Waals surface area (Å²) in [6.45, 7) is 3.23. The molecule has 98 valence electrons. The molecule has 1 atom stereocenters. The van der Waals surface area contributed by atoms with Gasteiger partial charge in [0, 0.05) is 12.6 Å². The lowest BCUT2D eigenvalue weighted by Crippen LogP contribution is -2.50. The Hall–Kier alpha value is -0.910. The van der Waals surface area contributed by atoms with Crippen LogP contribution in [0.2, 0.25) is 0 Å². The number of hydrogen-bond acceptors (Lipinski definition) is 4. The van der Waals surface area contributed by atoms with Gasteiger partial charge >= 0.3 is 0 Å². The number of nitrogens with one attached hydrogen (secondary N) is 1. The van der Waals surface area contributed by atoms with E-state index in [0.717, 1.165) is 19.4 Å². The van der Waals surface area contributed by atoms with Gasteiger partial charge in [0.2, 0.25) is 5.91 Å². The highest BCUT2D eigenvalue weighted by atomic mass is 32.1. The van der Waals surface area contributed by atoms with E-state index in [4.69, 9.17) is 4.74 Å². The zero-order valence-electron chi connectivity index (χ0n) is 10.5. The Morgan fingerprint density at radius 2 is 2.39 bits per heavy atom. The molecule has 1 aliphatic heterocycles. The smallest absolute Gasteiger partial charge is 0.238 e. The average molecular weight is 266 g/mol. The summed E-state index contributed by atoms with van der Waals surface area (Å²) in [7, 11) is 0. The van der Waals surface area contributed by atoms with Gasteiger partial charge in [-0.25, -0.2) is 0 Å².